The van der Waals surface area contributed by atoms with Crippen LogP contribution in [-0.4, -0.2) is 15.7 Å². The van der Waals surface area contributed by atoms with Crippen molar-refractivity contribution in [1.82, 2.24) is 15.5 Å². The predicted octanol–water partition coefficient (Wildman–Crippen LogP) is 3.07. The molecular formula is C14H18FN3O. The number of aromatic nitrogens is 2. The summed E-state index contributed by atoms with van der Waals surface area (Å²) in [5, 5.41) is 7.40. The van der Waals surface area contributed by atoms with E-state index in [-0.39, 0.29) is 11.4 Å². The van der Waals surface area contributed by atoms with E-state index in [1.165, 1.54) is 12.3 Å². The fraction of sp³-hybridized carbons (Fsp3) is 0.429. The maximum Gasteiger partial charge on any atom is 0.188 e. The molecule has 0 aromatic carbocycles. The van der Waals surface area contributed by atoms with Gasteiger partial charge in [0.05, 0.1) is 6.20 Å². The van der Waals surface area contributed by atoms with Gasteiger partial charge >= 0.3 is 0 Å². The third-order valence-electron chi connectivity index (χ3n) is 2.77. The van der Waals surface area contributed by atoms with Crippen LogP contribution in [0.5, 0.6) is 0 Å². The Bertz CT molecular complexity index is 555. The fourth-order valence-corrected chi connectivity index (χ4v) is 1.63. The van der Waals surface area contributed by atoms with Gasteiger partial charge in [-0.2, -0.15) is 0 Å². The van der Waals surface area contributed by atoms with Crippen LogP contribution in [0.1, 0.15) is 32.0 Å². The Labute approximate surface area is 112 Å². The summed E-state index contributed by atoms with van der Waals surface area (Å²) in [6.45, 7) is 8.82. The van der Waals surface area contributed by atoms with Crippen molar-refractivity contribution >= 4 is 0 Å². The van der Waals surface area contributed by atoms with Gasteiger partial charge in [0, 0.05) is 17.6 Å². The van der Waals surface area contributed by atoms with Gasteiger partial charge in [0.2, 0.25) is 0 Å². The topological polar surface area (TPSA) is 51.0 Å². The minimum atomic E-state index is -0.365. The van der Waals surface area contributed by atoms with Gasteiger partial charge in [0.1, 0.15) is 17.2 Å². The van der Waals surface area contributed by atoms with Crippen LogP contribution in [0.4, 0.5) is 4.39 Å². The first-order valence-electron chi connectivity index (χ1n) is 6.19. The second-order valence-electron chi connectivity index (χ2n) is 5.55. The number of nitrogens with zero attached hydrogens (tertiary/aromatic N) is 2. The number of hydrogen-bond donors (Lipinski definition) is 1. The lowest BCUT2D eigenvalue weighted by molar-refractivity contribution is 0.392. The Morgan fingerprint density at radius 1 is 1.32 bits per heavy atom. The number of nitrogens with one attached hydrogen (secondary N) is 1. The molecule has 5 heteroatoms. The molecule has 0 unspecified atom stereocenters. The molecule has 0 spiro atoms. The molecule has 0 fully saturated rings. The standard InChI is InChI=1S/C14H18FN3O/c1-9-12(8-17-14(2,3)4)18-19-13(9)11-6-5-10(15)7-16-11/h5-7,17H,8H2,1-4H3. The van der Waals surface area contributed by atoms with Gasteiger partial charge in [-0.3, -0.25) is 0 Å². The summed E-state index contributed by atoms with van der Waals surface area (Å²) in [5.41, 5.74) is 2.37. The summed E-state index contributed by atoms with van der Waals surface area (Å²) in [6, 6.07) is 2.95. The molecule has 0 radical (unpaired) electrons. The minimum absolute atomic E-state index is 0.0136. The SMILES string of the molecule is Cc1c(CNC(C)(C)C)noc1-c1ccc(F)cn1. The van der Waals surface area contributed by atoms with Crippen molar-refractivity contribution in [2.24, 2.45) is 0 Å². The van der Waals surface area contributed by atoms with Crippen LogP contribution in [0.2, 0.25) is 0 Å². The lowest BCUT2D eigenvalue weighted by Gasteiger charge is -2.19. The minimum Gasteiger partial charge on any atom is -0.354 e. The van der Waals surface area contributed by atoms with Gasteiger partial charge in [-0.05, 0) is 39.8 Å². The van der Waals surface area contributed by atoms with Crippen molar-refractivity contribution in [2.75, 3.05) is 0 Å². The largest absolute Gasteiger partial charge is 0.354 e. The smallest absolute Gasteiger partial charge is 0.188 e. The van der Waals surface area contributed by atoms with Crippen molar-refractivity contribution in [2.45, 2.75) is 39.8 Å². The van der Waals surface area contributed by atoms with Gasteiger partial charge in [-0.25, -0.2) is 9.37 Å². The van der Waals surface area contributed by atoms with Crippen LogP contribution in [0.3, 0.4) is 0 Å². The average Bonchev–Trinajstić information content (AvgIpc) is 2.68. The zero-order chi connectivity index (χ0) is 14.0. The lowest BCUT2D eigenvalue weighted by Crippen LogP contribution is -2.35. The molecule has 0 bridgehead atoms. The normalized spacial score (nSPS) is 11.8. The molecule has 0 aliphatic carbocycles. The summed E-state index contributed by atoms with van der Waals surface area (Å²) in [6.07, 6.45) is 1.17. The average molecular weight is 263 g/mol. The Morgan fingerprint density at radius 3 is 2.63 bits per heavy atom. The zero-order valence-corrected chi connectivity index (χ0v) is 11.6. The zero-order valence-electron chi connectivity index (χ0n) is 11.6. The molecule has 19 heavy (non-hydrogen) atoms. The summed E-state index contributed by atoms with van der Waals surface area (Å²) < 4.78 is 18.2. The maximum absolute atomic E-state index is 12.8. The summed E-state index contributed by atoms with van der Waals surface area (Å²) in [7, 11) is 0. The second kappa shape index (κ2) is 5.09. The third kappa shape index (κ3) is 3.38. The summed E-state index contributed by atoms with van der Waals surface area (Å²) in [5.74, 6) is 0.223. The van der Waals surface area contributed by atoms with E-state index in [0.717, 1.165) is 11.3 Å². The molecule has 1 N–H and O–H groups in total. The first-order chi connectivity index (χ1) is 8.87. The van der Waals surface area contributed by atoms with Crippen molar-refractivity contribution in [1.29, 1.82) is 0 Å². The monoisotopic (exact) mass is 263 g/mol. The first-order valence-corrected chi connectivity index (χ1v) is 6.19. The summed E-state index contributed by atoms with van der Waals surface area (Å²) >= 11 is 0. The Balaban J connectivity index is 2.20. The van der Waals surface area contributed by atoms with Crippen molar-refractivity contribution < 1.29 is 8.91 Å². The highest BCUT2D eigenvalue weighted by Gasteiger charge is 2.17. The van der Waals surface area contributed by atoms with Crippen LogP contribution in [0.25, 0.3) is 11.5 Å². The van der Waals surface area contributed by atoms with Gasteiger partial charge in [0.25, 0.3) is 0 Å². The van der Waals surface area contributed by atoms with E-state index < -0.39 is 0 Å². The van der Waals surface area contributed by atoms with Crippen molar-refractivity contribution in [3.05, 3.63) is 35.4 Å². The number of halogens is 1. The lowest BCUT2D eigenvalue weighted by atomic mass is 10.1. The van der Waals surface area contributed by atoms with Crippen LogP contribution in [0, 0.1) is 12.7 Å². The molecular weight excluding hydrogens is 245 g/mol. The van der Waals surface area contributed by atoms with E-state index in [4.69, 9.17) is 4.52 Å². The molecule has 102 valence electrons. The molecule has 2 aromatic rings. The van der Waals surface area contributed by atoms with E-state index >= 15 is 0 Å². The molecule has 0 amide bonds. The highest BCUT2D eigenvalue weighted by atomic mass is 19.1. The molecule has 0 aliphatic heterocycles. The first kappa shape index (κ1) is 13.7. The van der Waals surface area contributed by atoms with Gasteiger partial charge in [-0.15, -0.1) is 0 Å². The third-order valence-corrected chi connectivity index (χ3v) is 2.77. The highest BCUT2D eigenvalue weighted by Crippen LogP contribution is 2.24. The van der Waals surface area contributed by atoms with Gasteiger partial charge in [-0.1, -0.05) is 5.16 Å². The molecule has 0 saturated carbocycles. The quantitative estimate of drug-likeness (QED) is 0.924. The number of rotatable bonds is 3. The Morgan fingerprint density at radius 2 is 2.05 bits per heavy atom. The summed E-state index contributed by atoms with van der Waals surface area (Å²) in [4.78, 5) is 4.00. The van der Waals surface area contributed by atoms with E-state index in [2.05, 4.69) is 36.2 Å². The Hall–Kier alpha value is -1.75. The molecule has 2 rings (SSSR count). The van der Waals surface area contributed by atoms with E-state index in [1.54, 1.807) is 6.07 Å². The van der Waals surface area contributed by atoms with Crippen LogP contribution < -0.4 is 5.32 Å². The molecule has 4 nitrogen and oxygen atoms in total. The highest BCUT2D eigenvalue weighted by molar-refractivity contribution is 5.56. The second-order valence-corrected chi connectivity index (χ2v) is 5.55. The van der Waals surface area contributed by atoms with Gasteiger partial charge in [0.15, 0.2) is 5.76 Å². The van der Waals surface area contributed by atoms with E-state index in [0.29, 0.717) is 18.0 Å². The molecule has 0 aliphatic rings. The molecule has 2 heterocycles. The molecule has 0 saturated heterocycles. The van der Waals surface area contributed by atoms with E-state index in [1.807, 2.05) is 6.92 Å². The molecule has 0 atom stereocenters. The maximum atomic E-state index is 12.8. The van der Waals surface area contributed by atoms with E-state index in [9.17, 15) is 4.39 Å². The van der Waals surface area contributed by atoms with Crippen LogP contribution in [-0.2, 0) is 6.54 Å². The van der Waals surface area contributed by atoms with Gasteiger partial charge < -0.3 is 9.84 Å². The Kier molecular flexibility index (Phi) is 3.66. The molecule has 2 aromatic heterocycles. The van der Waals surface area contributed by atoms with Crippen molar-refractivity contribution in [3.63, 3.8) is 0 Å². The van der Waals surface area contributed by atoms with Crippen LogP contribution in [0.15, 0.2) is 22.9 Å². The number of pyridine rings is 1. The predicted molar refractivity (Wildman–Crippen MR) is 71.0 cm³/mol. The van der Waals surface area contributed by atoms with Crippen LogP contribution >= 0.6 is 0 Å². The number of hydrogen-bond acceptors (Lipinski definition) is 4. The fourth-order valence-electron chi connectivity index (χ4n) is 1.63. The van der Waals surface area contributed by atoms with Crippen molar-refractivity contribution in [3.8, 4) is 11.5 Å².